The third-order valence-electron chi connectivity index (χ3n) is 4.78. The average Bonchev–Trinajstić information content (AvgIpc) is 3.41. The monoisotopic (exact) mass is 368 g/mol. The van der Waals surface area contributed by atoms with Crippen molar-refractivity contribution in [2.24, 2.45) is 0 Å². The molecule has 0 unspecified atom stereocenters. The molecular weight excluding hydrogens is 340 g/mol. The maximum absolute atomic E-state index is 5.78. The fourth-order valence-electron chi connectivity index (χ4n) is 3.21. The quantitative estimate of drug-likeness (QED) is 0.500. The van der Waals surface area contributed by atoms with Crippen LogP contribution in [0.2, 0.25) is 0 Å². The van der Waals surface area contributed by atoms with Crippen molar-refractivity contribution in [2.45, 2.75) is 19.3 Å². The van der Waals surface area contributed by atoms with Crippen LogP contribution >= 0.6 is 0 Å². The molecule has 0 spiro atoms. The SMILES string of the molecule is CCOCCOCCOc1ccc(C(C)(c2ccc[nH]2)c2ccc[nH]2)cc1. The van der Waals surface area contributed by atoms with Gasteiger partial charge >= 0.3 is 0 Å². The van der Waals surface area contributed by atoms with E-state index in [0.717, 1.165) is 23.7 Å². The molecule has 0 saturated heterocycles. The predicted molar refractivity (Wildman–Crippen MR) is 106 cm³/mol. The average molecular weight is 368 g/mol. The van der Waals surface area contributed by atoms with Gasteiger partial charge in [0.15, 0.2) is 0 Å². The largest absolute Gasteiger partial charge is 0.491 e. The van der Waals surface area contributed by atoms with Gasteiger partial charge in [-0.1, -0.05) is 12.1 Å². The van der Waals surface area contributed by atoms with Crippen LogP contribution in [-0.4, -0.2) is 43.0 Å². The zero-order valence-corrected chi connectivity index (χ0v) is 16.0. The molecule has 0 aliphatic rings. The van der Waals surface area contributed by atoms with Gasteiger partial charge in [-0.15, -0.1) is 0 Å². The van der Waals surface area contributed by atoms with Crippen LogP contribution in [0.1, 0.15) is 30.8 Å². The van der Waals surface area contributed by atoms with Crippen molar-refractivity contribution in [1.29, 1.82) is 0 Å². The second-order valence-corrected chi connectivity index (χ2v) is 6.47. The summed E-state index contributed by atoms with van der Waals surface area (Å²) in [7, 11) is 0. The minimum Gasteiger partial charge on any atom is -0.491 e. The van der Waals surface area contributed by atoms with Crippen LogP contribution in [0.3, 0.4) is 0 Å². The van der Waals surface area contributed by atoms with Crippen LogP contribution in [0.4, 0.5) is 0 Å². The maximum atomic E-state index is 5.78. The van der Waals surface area contributed by atoms with Gasteiger partial charge in [-0.2, -0.15) is 0 Å². The number of ether oxygens (including phenoxy) is 3. The lowest BCUT2D eigenvalue weighted by molar-refractivity contribution is 0.0405. The number of hydrogen-bond acceptors (Lipinski definition) is 3. The van der Waals surface area contributed by atoms with E-state index >= 15 is 0 Å². The summed E-state index contributed by atoms with van der Waals surface area (Å²) in [5.74, 6) is 0.840. The zero-order valence-electron chi connectivity index (χ0n) is 16.0. The molecule has 144 valence electrons. The van der Waals surface area contributed by atoms with E-state index < -0.39 is 0 Å². The molecule has 2 aromatic heterocycles. The number of aromatic amines is 2. The Labute approximate surface area is 160 Å². The molecule has 0 radical (unpaired) electrons. The highest BCUT2D eigenvalue weighted by atomic mass is 16.5. The van der Waals surface area contributed by atoms with Crippen molar-refractivity contribution < 1.29 is 14.2 Å². The van der Waals surface area contributed by atoms with Crippen molar-refractivity contribution >= 4 is 0 Å². The van der Waals surface area contributed by atoms with Crippen LogP contribution in [-0.2, 0) is 14.9 Å². The number of aromatic nitrogens is 2. The first kappa shape index (κ1) is 19.3. The Bertz CT molecular complexity index is 730. The van der Waals surface area contributed by atoms with Crippen molar-refractivity contribution in [1.82, 2.24) is 9.97 Å². The van der Waals surface area contributed by atoms with E-state index in [-0.39, 0.29) is 5.41 Å². The van der Waals surface area contributed by atoms with Gasteiger partial charge in [0.2, 0.25) is 0 Å². The van der Waals surface area contributed by atoms with Crippen LogP contribution in [0.25, 0.3) is 0 Å². The fourth-order valence-corrected chi connectivity index (χ4v) is 3.21. The molecule has 3 rings (SSSR count). The highest BCUT2D eigenvalue weighted by Crippen LogP contribution is 2.37. The summed E-state index contributed by atoms with van der Waals surface area (Å²) < 4.78 is 16.5. The van der Waals surface area contributed by atoms with Crippen LogP contribution in [0.5, 0.6) is 5.75 Å². The van der Waals surface area contributed by atoms with Crippen molar-refractivity contribution in [3.05, 3.63) is 77.9 Å². The molecule has 0 amide bonds. The topological polar surface area (TPSA) is 59.3 Å². The van der Waals surface area contributed by atoms with E-state index in [1.165, 1.54) is 5.56 Å². The fraction of sp³-hybridized carbons (Fsp3) is 0.364. The second kappa shape index (κ2) is 9.44. The van der Waals surface area contributed by atoms with Crippen LogP contribution < -0.4 is 4.74 Å². The van der Waals surface area contributed by atoms with E-state index in [0.29, 0.717) is 26.4 Å². The summed E-state index contributed by atoms with van der Waals surface area (Å²) in [5.41, 5.74) is 3.18. The normalized spacial score (nSPS) is 11.6. The number of H-pyrrole nitrogens is 2. The third-order valence-corrected chi connectivity index (χ3v) is 4.78. The molecule has 3 aromatic rings. The summed E-state index contributed by atoms with van der Waals surface area (Å²) in [6.45, 7) is 7.21. The first-order chi connectivity index (χ1) is 13.2. The molecular formula is C22H28N2O3. The first-order valence-electron chi connectivity index (χ1n) is 9.41. The Morgan fingerprint density at radius 1 is 0.778 bits per heavy atom. The molecule has 0 aliphatic heterocycles. The minimum atomic E-state index is -0.284. The maximum Gasteiger partial charge on any atom is 0.119 e. The molecule has 2 N–H and O–H groups in total. The molecule has 27 heavy (non-hydrogen) atoms. The molecule has 0 saturated carbocycles. The smallest absolute Gasteiger partial charge is 0.119 e. The van der Waals surface area contributed by atoms with Crippen molar-refractivity contribution in [2.75, 3.05) is 33.0 Å². The Balaban J connectivity index is 1.63. The molecule has 5 nitrogen and oxygen atoms in total. The van der Waals surface area contributed by atoms with Crippen molar-refractivity contribution in [3.63, 3.8) is 0 Å². The number of benzene rings is 1. The Morgan fingerprint density at radius 2 is 1.37 bits per heavy atom. The number of hydrogen-bond donors (Lipinski definition) is 2. The second-order valence-electron chi connectivity index (χ2n) is 6.47. The molecule has 5 heteroatoms. The van der Waals surface area contributed by atoms with Crippen molar-refractivity contribution in [3.8, 4) is 5.75 Å². The van der Waals surface area contributed by atoms with Gasteiger partial charge in [-0.05, 0) is 55.8 Å². The third kappa shape index (κ3) is 4.62. The minimum absolute atomic E-state index is 0.284. The Hall–Kier alpha value is -2.50. The van der Waals surface area contributed by atoms with Gasteiger partial charge in [-0.3, -0.25) is 0 Å². The summed E-state index contributed by atoms with van der Waals surface area (Å²) in [6, 6.07) is 16.5. The molecule has 2 heterocycles. The first-order valence-corrected chi connectivity index (χ1v) is 9.41. The van der Waals surface area contributed by atoms with Gasteiger partial charge < -0.3 is 24.2 Å². The molecule has 0 aliphatic carbocycles. The van der Waals surface area contributed by atoms with E-state index in [1.807, 2.05) is 43.6 Å². The van der Waals surface area contributed by atoms with Crippen LogP contribution in [0.15, 0.2) is 60.9 Å². The summed E-state index contributed by atoms with van der Waals surface area (Å²) in [5, 5.41) is 0. The summed E-state index contributed by atoms with van der Waals surface area (Å²) in [4.78, 5) is 6.73. The lowest BCUT2D eigenvalue weighted by atomic mass is 9.77. The summed E-state index contributed by atoms with van der Waals surface area (Å²) >= 11 is 0. The molecule has 0 fully saturated rings. The van der Waals surface area contributed by atoms with Gasteiger partial charge in [0.05, 0.1) is 25.2 Å². The molecule has 0 atom stereocenters. The van der Waals surface area contributed by atoms with E-state index in [2.05, 4.69) is 41.2 Å². The van der Waals surface area contributed by atoms with Gasteiger partial charge in [0.25, 0.3) is 0 Å². The van der Waals surface area contributed by atoms with E-state index in [4.69, 9.17) is 14.2 Å². The highest BCUT2D eigenvalue weighted by Gasteiger charge is 2.33. The number of rotatable bonds is 11. The lowest BCUT2D eigenvalue weighted by Gasteiger charge is -2.29. The lowest BCUT2D eigenvalue weighted by Crippen LogP contribution is -2.26. The summed E-state index contributed by atoms with van der Waals surface area (Å²) in [6.07, 6.45) is 3.92. The Kier molecular flexibility index (Phi) is 6.74. The van der Waals surface area contributed by atoms with Gasteiger partial charge in [0.1, 0.15) is 12.4 Å². The van der Waals surface area contributed by atoms with E-state index in [9.17, 15) is 0 Å². The molecule has 1 aromatic carbocycles. The zero-order chi connectivity index (χ0) is 19.0. The number of nitrogens with one attached hydrogen (secondary N) is 2. The Morgan fingerprint density at radius 3 is 1.93 bits per heavy atom. The highest BCUT2D eigenvalue weighted by molar-refractivity contribution is 5.46. The predicted octanol–water partition coefficient (Wildman–Crippen LogP) is 4.13. The van der Waals surface area contributed by atoms with Crippen LogP contribution in [0, 0.1) is 0 Å². The molecule has 0 bridgehead atoms. The van der Waals surface area contributed by atoms with E-state index in [1.54, 1.807) is 0 Å². The van der Waals surface area contributed by atoms with Gasteiger partial charge in [-0.25, -0.2) is 0 Å². The standard InChI is InChI=1S/C22H28N2O3/c1-3-25-14-15-26-16-17-27-19-10-8-18(9-11-19)22(2,20-6-4-12-23-20)21-7-5-13-24-21/h4-13,23-24H,3,14-17H2,1-2H3. The van der Waals surface area contributed by atoms with Gasteiger partial charge in [0, 0.05) is 30.4 Å².